The lowest BCUT2D eigenvalue weighted by Crippen LogP contribution is -2.35. The highest BCUT2D eigenvalue weighted by atomic mass is 15.3. The van der Waals surface area contributed by atoms with E-state index in [1.165, 1.54) is 6.42 Å². The highest BCUT2D eigenvalue weighted by Gasteiger charge is 2.27. The Hall–Kier alpha value is -3.09. The normalized spacial score (nSPS) is 17.3. The first kappa shape index (κ1) is 15.4. The van der Waals surface area contributed by atoms with Gasteiger partial charge in [0.2, 0.25) is 11.9 Å². The van der Waals surface area contributed by atoms with Gasteiger partial charge in [-0.05, 0) is 43.5 Å². The van der Waals surface area contributed by atoms with E-state index in [0.29, 0.717) is 5.95 Å². The maximum absolute atomic E-state index is 4.71. The maximum Gasteiger partial charge on any atom is 0.228 e. The number of aromatic nitrogens is 5. The number of pyridine rings is 1. The quantitative estimate of drug-likeness (QED) is 0.785. The fourth-order valence-corrected chi connectivity index (χ4v) is 3.09. The van der Waals surface area contributed by atoms with Gasteiger partial charge in [-0.3, -0.25) is 0 Å². The van der Waals surface area contributed by atoms with Gasteiger partial charge in [0, 0.05) is 31.3 Å². The number of hydrogen-bond acceptors (Lipinski definition) is 7. The van der Waals surface area contributed by atoms with Crippen LogP contribution in [0.5, 0.6) is 0 Å². The van der Waals surface area contributed by atoms with Crippen LogP contribution in [0.3, 0.4) is 0 Å². The molecule has 3 aromatic heterocycles. The van der Waals surface area contributed by atoms with Crippen LogP contribution in [0.4, 0.5) is 17.7 Å². The minimum Gasteiger partial charge on any atom is -0.332 e. The minimum absolute atomic E-state index is 0.156. The molecule has 0 saturated carbocycles. The number of anilines is 3. The first-order valence-electron chi connectivity index (χ1n) is 8.45. The molecule has 0 amide bonds. The van der Waals surface area contributed by atoms with E-state index in [1.807, 2.05) is 30.3 Å². The first-order chi connectivity index (χ1) is 12.4. The van der Waals surface area contributed by atoms with E-state index in [9.17, 15) is 0 Å². The van der Waals surface area contributed by atoms with E-state index in [0.717, 1.165) is 36.8 Å². The average molecular weight is 333 g/mol. The van der Waals surface area contributed by atoms with Crippen molar-refractivity contribution in [3.63, 3.8) is 0 Å². The Bertz CT molecular complexity index is 810. The summed E-state index contributed by atoms with van der Waals surface area (Å²) in [5, 5.41) is 3.15. The fourth-order valence-electron chi connectivity index (χ4n) is 3.09. The van der Waals surface area contributed by atoms with Gasteiger partial charge >= 0.3 is 0 Å². The molecule has 1 N–H and O–H groups in total. The van der Waals surface area contributed by atoms with Gasteiger partial charge in [-0.15, -0.1) is 0 Å². The second-order valence-electron chi connectivity index (χ2n) is 5.90. The zero-order valence-corrected chi connectivity index (χ0v) is 13.8. The average Bonchev–Trinajstić information content (AvgIpc) is 2.70. The summed E-state index contributed by atoms with van der Waals surface area (Å²) in [7, 11) is 0. The lowest BCUT2D eigenvalue weighted by atomic mass is 9.99. The van der Waals surface area contributed by atoms with Crippen molar-refractivity contribution in [3.05, 3.63) is 60.8 Å². The van der Waals surface area contributed by atoms with E-state index in [4.69, 9.17) is 4.98 Å². The predicted molar refractivity (Wildman–Crippen MR) is 95.5 cm³/mol. The number of piperidine rings is 1. The summed E-state index contributed by atoms with van der Waals surface area (Å²) < 4.78 is 0. The third-order valence-corrected chi connectivity index (χ3v) is 4.24. The minimum atomic E-state index is 0.156. The Morgan fingerprint density at radius 3 is 2.60 bits per heavy atom. The molecule has 126 valence electrons. The Balaban J connectivity index is 1.60. The van der Waals surface area contributed by atoms with Crippen molar-refractivity contribution in [2.45, 2.75) is 25.3 Å². The maximum atomic E-state index is 4.71. The molecule has 1 fully saturated rings. The van der Waals surface area contributed by atoms with E-state index < -0.39 is 0 Å². The molecule has 1 saturated heterocycles. The van der Waals surface area contributed by atoms with E-state index in [2.05, 4.69) is 30.2 Å². The molecule has 7 heteroatoms. The summed E-state index contributed by atoms with van der Waals surface area (Å²) >= 11 is 0. The van der Waals surface area contributed by atoms with Gasteiger partial charge < -0.3 is 10.2 Å². The Morgan fingerprint density at radius 2 is 1.76 bits per heavy atom. The molecule has 25 heavy (non-hydrogen) atoms. The first-order valence-corrected chi connectivity index (χ1v) is 8.45. The standard InChI is InChI=1S/C18H19N7/c1-3-9-19-16(7-1)24-17-20-12-8-14(23-17)15-6-2-4-13-25(15)18-21-10-5-11-22-18/h1,3,5,7-12,15H,2,4,6,13H2,(H,19,20,23,24). The smallest absolute Gasteiger partial charge is 0.228 e. The van der Waals surface area contributed by atoms with Gasteiger partial charge in [-0.25, -0.2) is 24.9 Å². The van der Waals surface area contributed by atoms with Gasteiger partial charge in [0.25, 0.3) is 0 Å². The molecule has 4 heterocycles. The summed E-state index contributed by atoms with van der Waals surface area (Å²) in [6, 6.07) is 9.65. The zero-order valence-electron chi connectivity index (χ0n) is 13.8. The Kier molecular flexibility index (Phi) is 4.45. The number of nitrogens with zero attached hydrogens (tertiary/aromatic N) is 6. The molecule has 7 nitrogen and oxygen atoms in total. The Morgan fingerprint density at radius 1 is 0.880 bits per heavy atom. The van der Waals surface area contributed by atoms with Gasteiger partial charge in [-0.1, -0.05) is 6.07 Å². The van der Waals surface area contributed by atoms with Crippen molar-refractivity contribution in [2.75, 3.05) is 16.8 Å². The van der Waals surface area contributed by atoms with E-state index in [1.54, 1.807) is 24.8 Å². The van der Waals surface area contributed by atoms with Crippen LogP contribution in [0.15, 0.2) is 55.1 Å². The van der Waals surface area contributed by atoms with Crippen molar-refractivity contribution in [2.24, 2.45) is 0 Å². The van der Waals surface area contributed by atoms with Crippen LogP contribution in [0.25, 0.3) is 0 Å². The van der Waals surface area contributed by atoms with Crippen molar-refractivity contribution < 1.29 is 0 Å². The summed E-state index contributed by atoms with van der Waals surface area (Å²) in [5.74, 6) is 2.03. The molecule has 0 aliphatic carbocycles. The molecule has 0 radical (unpaired) electrons. The molecule has 0 aromatic carbocycles. The zero-order chi connectivity index (χ0) is 16.9. The molecule has 1 atom stereocenters. The monoisotopic (exact) mass is 333 g/mol. The van der Waals surface area contributed by atoms with Crippen LogP contribution in [0.2, 0.25) is 0 Å². The van der Waals surface area contributed by atoms with Gasteiger partial charge in [0.1, 0.15) is 5.82 Å². The molecule has 1 unspecified atom stereocenters. The highest BCUT2D eigenvalue weighted by Crippen LogP contribution is 2.32. The van der Waals surface area contributed by atoms with Gasteiger partial charge in [0.05, 0.1) is 11.7 Å². The molecular formula is C18H19N7. The molecular weight excluding hydrogens is 314 g/mol. The number of rotatable bonds is 4. The third-order valence-electron chi connectivity index (χ3n) is 4.24. The molecule has 3 aromatic rings. The predicted octanol–water partition coefficient (Wildman–Crippen LogP) is 3.14. The number of nitrogens with one attached hydrogen (secondary N) is 1. The summed E-state index contributed by atoms with van der Waals surface area (Å²) in [6.45, 7) is 0.932. The van der Waals surface area contributed by atoms with E-state index in [-0.39, 0.29) is 6.04 Å². The molecule has 1 aliphatic rings. The molecule has 0 spiro atoms. The van der Waals surface area contributed by atoms with Crippen LogP contribution in [0, 0.1) is 0 Å². The van der Waals surface area contributed by atoms with Crippen molar-refractivity contribution in [1.82, 2.24) is 24.9 Å². The molecule has 4 rings (SSSR count). The highest BCUT2D eigenvalue weighted by molar-refractivity contribution is 5.47. The van der Waals surface area contributed by atoms with Crippen LogP contribution >= 0.6 is 0 Å². The van der Waals surface area contributed by atoms with Crippen LogP contribution in [0.1, 0.15) is 31.0 Å². The van der Waals surface area contributed by atoms with Crippen LogP contribution in [-0.4, -0.2) is 31.5 Å². The SMILES string of the molecule is c1ccc(Nc2nccc(C3CCCCN3c3ncccn3)n2)nc1. The molecule has 1 aliphatic heterocycles. The van der Waals surface area contributed by atoms with Crippen molar-refractivity contribution in [1.29, 1.82) is 0 Å². The second kappa shape index (κ2) is 7.21. The van der Waals surface area contributed by atoms with E-state index >= 15 is 0 Å². The lowest BCUT2D eigenvalue weighted by Gasteiger charge is -2.35. The fraction of sp³-hybridized carbons (Fsp3) is 0.278. The largest absolute Gasteiger partial charge is 0.332 e. The summed E-state index contributed by atoms with van der Waals surface area (Å²) in [5.41, 5.74) is 0.973. The lowest BCUT2D eigenvalue weighted by molar-refractivity contribution is 0.457. The van der Waals surface area contributed by atoms with Gasteiger partial charge in [0.15, 0.2) is 0 Å². The van der Waals surface area contributed by atoms with Crippen LogP contribution in [-0.2, 0) is 0 Å². The summed E-state index contributed by atoms with van der Waals surface area (Å²) in [6.07, 6.45) is 10.4. The van der Waals surface area contributed by atoms with Crippen LogP contribution < -0.4 is 10.2 Å². The van der Waals surface area contributed by atoms with Crippen molar-refractivity contribution in [3.8, 4) is 0 Å². The Labute approximate surface area is 146 Å². The topological polar surface area (TPSA) is 79.7 Å². The second-order valence-corrected chi connectivity index (χ2v) is 5.90. The molecule has 0 bridgehead atoms. The third kappa shape index (κ3) is 3.55. The summed E-state index contributed by atoms with van der Waals surface area (Å²) in [4.78, 5) is 24.3. The van der Waals surface area contributed by atoms with Gasteiger partial charge in [-0.2, -0.15) is 0 Å². The number of hydrogen-bond donors (Lipinski definition) is 1. The van der Waals surface area contributed by atoms with Crippen molar-refractivity contribution >= 4 is 17.7 Å².